The molecule has 84 valence electrons. The van der Waals surface area contributed by atoms with Gasteiger partial charge in [-0.25, -0.2) is 9.78 Å². The number of carbonyl (C=O) groups excluding carboxylic acids is 1. The van der Waals surface area contributed by atoms with Gasteiger partial charge in [0.1, 0.15) is 17.8 Å². The van der Waals surface area contributed by atoms with Crippen LogP contribution in [0.2, 0.25) is 0 Å². The van der Waals surface area contributed by atoms with Gasteiger partial charge >= 0.3 is 6.03 Å². The molecule has 2 rings (SSSR count). The molecule has 0 saturated carbocycles. The fourth-order valence-corrected chi connectivity index (χ4v) is 1.44. The number of rotatable bonds is 2. The minimum atomic E-state index is -0.133. The Kier molecular flexibility index (Phi) is 2.76. The zero-order valence-corrected chi connectivity index (χ0v) is 9.25. The number of furan rings is 1. The van der Waals surface area contributed by atoms with E-state index in [9.17, 15) is 4.79 Å². The van der Waals surface area contributed by atoms with Crippen LogP contribution in [0, 0.1) is 6.92 Å². The smallest absolute Gasteiger partial charge is 0.329 e. The van der Waals surface area contributed by atoms with Crippen LogP contribution in [0.15, 0.2) is 35.3 Å². The summed E-state index contributed by atoms with van der Waals surface area (Å²) in [5, 5.41) is 0. The monoisotopic (exact) mass is 219 g/mol. The molecule has 2 heterocycles. The number of nitrogens with zero attached hydrogens (tertiary/aromatic N) is 3. The highest BCUT2D eigenvalue weighted by Gasteiger charge is 2.12. The molecule has 0 radical (unpaired) electrons. The summed E-state index contributed by atoms with van der Waals surface area (Å²) < 4.78 is 6.83. The summed E-state index contributed by atoms with van der Waals surface area (Å²) in [4.78, 5) is 17.2. The van der Waals surface area contributed by atoms with Crippen molar-refractivity contribution in [2.45, 2.75) is 13.5 Å². The lowest BCUT2D eigenvalue weighted by Gasteiger charge is -2.15. The first kappa shape index (κ1) is 10.5. The molecule has 0 unspecified atom stereocenters. The summed E-state index contributed by atoms with van der Waals surface area (Å²) in [6.07, 6.45) is 4.67. The van der Waals surface area contributed by atoms with Gasteiger partial charge in [0.15, 0.2) is 0 Å². The normalized spacial score (nSPS) is 10.4. The molecule has 0 atom stereocenters. The number of carbonyl (C=O) groups is 1. The third-order valence-corrected chi connectivity index (χ3v) is 2.24. The first-order chi connectivity index (χ1) is 7.66. The van der Waals surface area contributed by atoms with Crippen molar-refractivity contribution < 1.29 is 9.21 Å². The maximum absolute atomic E-state index is 11.8. The summed E-state index contributed by atoms with van der Waals surface area (Å²) in [5.41, 5.74) is 0. The summed E-state index contributed by atoms with van der Waals surface area (Å²) in [7, 11) is 1.72. The van der Waals surface area contributed by atoms with Gasteiger partial charge in [0.05, 0.1) is 6.54 Å². The van der Waals surface area contributed by atoms with E-state index in [1.807, 2.05) is 19.1 Å². The van der Waals surface area contributed by atoms with Crippen molar-refractivity contribution in [3.05, 3.63) is 42.4 Å². The summed E-state index contributed by atoms with van der Waals surface area (Å²) in [6, 6.07) is 3.62. The van der Waals surface area contributed by atoms with Gasteiger partial charge in [-0.1, -0.05) is 0 Å². The van der Waals surface area contributed by atoms with E-state index in [-0.39, 0.29) is 6.03 Å². The number of amides is 1. The molecule has 5 nitrogen and oxygen atoms in total. The molecule has 0 aliphatic carbocycles. The Morgan fingerprint density at radius 2 is 2.38 bits per heavy atom. The summed E-state index contributed by atoms with van der Waals surface area (Å²) >= 11 is 0. The molecule has 5 heteroatoms. The lowest BCUT2D eigenvalue weighted by Crippen LogP contribution is -2.29. The fraction of sp³-hybridized carbons (Fsp3) is 0.273. The molecule has 0 aromatic carbocycles. The molecule has 2 aromatic rings. The quantitative estimate of drug-likeness (QED) is 0.775. The van der Waals surface area contributed by atoms with E-state index >= 15 is 0 Å². The van der Waals surface area contributed by atoms with Gasteiger partial charge in [-0.05, 0) is 19.1 Å². The lowest BCUT2D eigenvalue weighted by molar-refractivity contribution is 0.204. The molecule has 0 N–H and O–H groups in total. The Morgan fingerprint density at radius 1 is 1.56 bits per heavy atom. The molecule has 1 amide bonds. The number of imidazole rings is 1. The highest BCUT2D eigenvalue weighted by Crippen LogP contribution is 2.09. The van der Waals surface area contributed by atoms with Crippen molar-refractivity contribution >= 4 is 6.03 Å². The number of aryl methyl sites for hydroxylation is 1. The Labute approximate surface area is 93.3 Å². The molecular formula is C11H13N3O2. The van der Waals surface area contributed by atoms with Crippen LogP contribution >= 0.6 is 0 Å². The van der Waals surface area contributed by atoms with E-state index in [4.69, 9.17) is 4.42 Å². The van der Waals surface area contributed by atoms with Gasteiger partial charge in [-0.3, -0.25) is 4.57 Å². The van der Waals surface area contributed by atoms with E-state index in [0.29, 0.717) is 6.54 Å². The van der Waals surface area contributed by atoms with E-state index < -0.39 is 0 Å². The molecule has 0 saturated heterocycles. The average Bonchev–Trinajstić information content (AvgIpc) is 2.88. The third kappa shape index (κ3) is 2.13. The maximum atomic E-state index is 11.8. The molecule has 16 heavy (non-hydrogen) atoms. The highest BCUT2D eigenvalue weighted by atomic mass is 16.3. The predicted octanol–water partition coefficient (Wildman–Crippen LogP) is 1.88. The van der Waals surface area contributed by atoms with Crippen molar-refractivity contribution in [2.24, 2.45) is 0 Å². The zero-order valence-electron chi connectivity index (χ0n) is 9.25. The second-order valence-electron chi connectivity index (χ2n) is 3.62. The van der Waals surface area contributed by atoms with Crippen LogP contribution in [-0.4, -0.2) is 27.5 Å². The molecule has 0 aliphatic heterocycles. The van der Waals surface area contributed by atoms with Crippen molar-refractivity contribution in [2.75, 3.05) is 7.05 Å². The Morgan fingerprint density at radius 3 is 2.94 bits per heavy atom. The Balaban J connectivity index is 2.03. The molecule has 0 bridgehead atoms. The van der Waals surface area contributed by atoms with Crippen LogP contribution < -0.4 is 0 Å². The van der Waals surface area contributed by atoms with E-state index in [1.54, 1.807) is 24.3 Å². The van der Waals surface area contributed by atoms with E-state index in [2.05, 4.69) is 4.98 Å². The van der Waals surface area contributed by atoms with Gasteiger partial charge in [-0.15, -0.1) is 0 Å². The van der Waals surface area contributed by atoms with Crippen molar-refractivity contribution in [1.29, 1.82) is 0 Å². The first-order valence-corrected chi connectivity index (χ1v) is 4.95. The average molecular weight is 219 g/mol. The topological polar surface area (TPSA) is 51.3 Å². The van der Waals surface area contributed by atoms with Crippen LogP contribution in [0.4, 0.5) is 4.79 Å². The van der Waals surface area contributed by atoms with Crippen LogP contribution in [-0.2, 0) is 6.54 Å². The van der Waals surface area contributed by atoms with E-state index in [0.717, 1.165) is 11.5 Å². The Bertz CT molecular complexity index is 473. The van der Waals surface area contributed by atoms with Crippen LogP contribution in [0.5, 0.6) is 0 Å². The number of hydrogen-bond acceptors (Lipinski definition) is 3. The summed E-state index contributed by atoms with van der Waals surface area (Å²) in [6.45, 7) is 2.33. The molecule has 2 aromatic heterocycles. The van der Waals surface area contributed by atoms with Gasteiger partial charge < -0.3 is 9.32 Å². The standard InChI is InChI=1S/C11H13N3O2/c1-9-3-4-10(16-9)7-13(2)11(15)14-6-5-12-8-14/h3-6,8H,7H2,1-2H3. The van der Waals surface area contributed by atoms with Crippen molar-refractivity contribution in [3.8, 4) is 0 Å². The largest absolute Gasteiger partial charge is 0.464 e. The Hall–Kier alpha value is -2.04. The molecule has 0 spiro atoms. The molecule has 0 fully saturated rings. The van der Waals surface area contributed by atoms with Gasteiger partial charge in [0.25, 0.3) is 0 Å². The van der Waals surface area contributed by atoms with Gasteiger partial charge in [0, 0.05) is 19.4 Å². The SMILES string of the molecule is Cc1ccc(CN(C)C(=O)n2ccnc2)o1. The van der Waals surface area contributed by atoms with Gasteiger partial charge in [0.2, 0.25) is 0 Å². The minimum absolute atomic E-state index is 0.133. The number of hydrogen-bond donors (Lipinski definition) is 0. The fourth-order valence-electron chi connectivity index (χ4n) is 1.44. The maximum Gasteiger partial charge on any atom is 0.329 e. The van der Waals surface area contributed by atoms with Crippen LogP contribution in [0.3, 0.4) is 0 Å². The van der Waals surface area contributed by atoms with Crippen LogP contribution in [0.1, 0.15) is 11.5 Å². The summed E-state index contributed by atoms with van der Waals surface area (Å²) in [5.74, 6) is 1.62. The number of aromatic nitrogens is 2. The molecule has 0 aliphatic rings. The molecular weight excluding hydrogens is 206 g/mol. The third-order valence-electron chi connectivity index (χ3n) is 2.24. The lowest BCUT2D eigenvalue weighted by atomic mass is 10.4. The first-order valence-electron chi connectivity index (χ1n) is 4.95. The minimum Gasteiger partial charge on any atom is -0.464 e. The highest BCUT2D eigenvalue weighted by molar-refractivity contribution is 5.76. The second kappa shape index (κ2) is 4.22. The second-order valence-corrected chi connectivity index (χ2v) is 3.62. The predicted molar refractivity (Wildman–Crippen MR) is 57.9 cm³/mol. The van der Waals surface area contributed by atoms with Crippen molar-refractivity contribution in [1.82, 2.24) is 14.5 Å². The zero-order chi connectivity index (χ0) is 11.5. The van der Waals surface area contributed by atoms with Crippen molar-refractivity contribution in [3.63, 3.8) is 0 Å². The van der Waals surface area contributed by atoms with E-state index in [1.165, 1.54) is 10.9 Å². The van der Waals surface area contributed by atoms with Crippen LogP contribution in [0.25, 0.3) is 0 Å². The van der Waals surface area contributed by atoms with Gasteiger partial charge in [-0.2, -0.15) is 0 Å².